The highest BCUT2D eigenvalue weighted by molar-refractivity contribution is 7.90. The Labute approximate surface area is 267 Å². The fourth-order valence-corrected chi connectivity index (χ4v) is 8.28. The summed E-state index contributed by atoms with van der Waals surface area (Å²) in [5.41, 5.74) is 0.487. The summed E-state index contributed by atoms with van der Waals surface area (Å²) in [6, 6.07) is 3.96. The van der Waals surface area contributed by atoms with Crippen LogP contribution in [0.5, 0.6) is 11.5 Å². The molecule has 2 aromatic rings. The summed E-state index contributed by atoms with van der Waals surface area (Å²) >= 11 is 0. The average molecular weight is 645 g/mol. The monoisotopic (exact) mass is 644 g/mol. The molecule has 1 saturated carbocycles. The van der Waals surface area contributed by atoms with E-state index in [1.807, 2.05) is 27.7 Å². The van der Waals surface area contributed by atoms with Gasteiger partial charge in [0.1, 0.15) is 17.9 Å². The average Bonchev–Trinajstić information content (AvgIpc) is 3.42. The molecule has 3 fully saturated rings. The number of amides is 1. The molecule has 2 aliphatic heterocycles. The molecule has 1 atom stereocenters. The Kier molecular flexibility index (Phi) is 10.1. The topological polar surface area (TPSA) is 108 Å². The van der Waals surface area contributed by atoms with Crippen molar-refractivity contribution in [3.8, 4) is 11.5 Å². The second-order valence-electron chi connectivity index (χ2n) is 14.1. The molecule has 1 aromatic heterocycles. The Hall–Kier alpha value is -2.83. The number of nitrogens with one attached hydrogen (secondary N) is 1. The molecule has 3 aliphatic rings. The maximum atomic E-state index is 14.3. The third-order valence-corrected chi connectivity index (χ3v) is 11.5. The van der Waals surface area contributed by atoms with Crippen molar-refractivity contribution in [2.24, 2.45) is 11.3 Å². The van der Waals surface area contributed by atoms with E-state index in [0.717, 1.165) is 64.8 Å². The first kappa shape index (κ1) is 33.5. The summed E-state index contributed by atoms with van der Waals surface area (Å²) in [6.45, 7) is 16.0. The van der Waals surface area contributed by atoms with Crippen LogP contribution in [0, 0.1) is 17.2 Å². The number of anilines is 1. The Morgan fingerprint density at radius 2 is 1.78 bits per heavy atom. The van der Waals surface area contributed by atoms with Crippen LogP contribution in [0.3, 0.4) is 0 Å². The molecule has 0 radical (unpaired) electrons. The molecular formula is C33H49FN6O4S. The predicted octanol–water partition coefficient (Wildman–Crippen LogP) is 5.07. The van der Waals surface area contributed by atoms with Gasteiger partial charge in [0.2, 0.25) is 10.0 Å². The third-order valence-electron chi connectivity index (χ3n) is 9.62. The number of rotatable bonds is 11. The number of hydrogen-bond acceptors (Lipinski definition) is 8. The summed E-state index contributed by atoms with van der Waals surface area (Å²) in [6.07, 6.45) is 8.07. The number of carbonyl (C=O) groups is 1. The van der Waals surface area contributed by atoms with E-state index < -0.39 is 21.1 Å². The van der Waals surface area contributed by atoms with Gasteiger partial charge in [-0.1, -0.05) is 0 Å². The highest BCUT2D eigenvalue weighted by atomic mass is 32.2. The molecule has 1 aromatic carbocycles. The van der Waals surface area contributed by atoms with E-state index >= 15 is 0 Å². The van der Waals surface area contributed by atoms with Crippen molar-refractivity contribution in [1.82, 2.24) is 24.5 Å². The van der Waals surface area contributed by atoms with Gasteiger partial charge in [-0.25, -0.2) is 27.5 Å². The first-order valence-electron chi connectivity index (χ1n) is 16.4. The van der Waals surface area contributed by atoms with E-state index in [9.17, 15) is 17.6 Å². The summed E-state index contributed by atoms with van der Waals surface area (Å²) in [4.78, 5) is 28.7. The number of hydrogen-bond donors (Lipinski definition) is 1. The Morgan fingerprint density at radius 1 is 1.09 bits per heavy atom. The quantitative estimate of drug-likeness (QED) is 0.362. The molecule has 1 aliphatic carbocycles. The van der Waals surface area contributed by atoms with Crippen LogP contribution in [-0.2, 0) is 10.0 Å². The van der Waals surface area contributed by atoms with Gasteiger partial charge in [0, 0.05) is 50.8 Å². The van der Waals surface area contributed by atoms with Crippen LogP contribution in [0.2, 0.25) is 0 Å². The van der Waals surface area contributed by atoms with Crippen molar-refractivity contribution >= 4 is 21.7 Å². The number of halogens is 1. The summed E-state index contributed by atoms with van der Waals surface area (Å²) in [7, 11) is -3.23. The van der Waals surface area contributed by atoms with Gasteiger partial charge in [0.15, 0.2) is 11.6 Å². The molecule has 2 saturated heterocycles. The van der Waals surface area contributed by atoms with E-state index in [1.165, 1.54) is 24.5 Å². The molecule has 10 nitrogen and oxygen atoms in total. The molecule has 12 heteroatoms. The molecule has 1 amide bonds. The predicted molar refractivity (Wildman–Crippen MR) is 174 cm³/mol. The minimum absolute atomic E-state index is 0.0539. The smallest absolute Gasteiger partial charge is 0.258 e. The standard InChI is InChI=1S/C33H49FN6O4S/c1-22(2)40(23(3)4)32(41)28-15-26(34)7-8-29(28)44-30-16-35-21-36-31(30)39-14-11-25(18-39)17-38-19-33(20-38)12-9-27(10-13-33)37-45(42,43)24(5)6/h7-8,15-16,21-25,27,37H,9-14,17-20H2,1-6H3/t25-/m0/s1. The van der Waals surface area contributed by atoms with Crippen molar-refractivity contribution in [1.29, 1.82) is 0 Å². The summed E-state index contributed by atoms with van der Waals surface area (Å²) in [5, 5.41) is -0.404. The van der Waals surface area contributed by atoms with Gasteiger partial charge in [-0.05, 0) is 103 Å². The molecule has 1 spiro atoms. The molecule has 5 rings (SSSR count). The SMILES string of the molecule is CC(C)N(C(=O)c1cc(F)ccc1Oc1cncnc1N1CC[C@@H](CN2CC3(CCC(NS(=O)(=O)C(C)C)CC3)C2)C1)C(C)C. The maximum absolute atomic E-state index is 14.3. The van der Waals surface area contributed by atoms with Crippen LogP contribution in [0.4, 0.5) is 10.2 Å². The van der Waals surface area contributed by atoms with E-state index in [-0.39, 0.29) is 35.3 Å². The highest BCUT2D eigenvalue weighted by Crippen LogP contribution is 2.45. The number of sulfonamides is 1. The molecule has 0 unspecified atom stereocenters. The van der Waals surface area contributed by atoms with Gasteiger partial charge in [0.25, 0.3) is 5.91 Å². The number of nitrogens with zero attached hydrogens (tertiary/aromatic N) is 5. The molecular weight excluding hydrogens is 595 g/mol. The number of carbonyl (C=O) groups excluding carboxylic acids is 1. The normalized spacial score (nSPS) is 20.8. The lowest BCUT2D eigenvalue weighted by Crippen LogP contribution is -2.59. The van der Waals surface area contributed by atoms with Gasteiger partial charge in [-0.15, -0.1) is 0 Å². The van der Waals surface area contributed by atoms with Crippen LogP contribution >= 0.6 is 0 Å². The van der Waals surface area contributed by atoms with Crippen molar-refractivity contribution in [2.45, 2.75) is 97.0 Å². The zero-order valence-electron chi connectivity index (χ0n) is 27.5. The zero-order chi connectivity index (χ0) is 32.5. The number of ether oxygens (including phenoxy) is 1. The number of aromatic nitrogens is 2. The van der Waals surface area contributed by atoms with Crippen molar-refractivity contribution in [3.05, 3.63) is 42.1 Å². The summed E-state index contributed by atoms with van der Waals surface area (Å²) in [5.74, 6) is 1.08. The lowest BCUT2D eigenvalue weighted by Gasteiger charge is -2.54. The van der Waals surface area contributed by atoms with Gasteiger partial charge in [-0.3, -0.25) is 4.79 Å². The maximum Gasteiger partial charge on any atom is 0.258 e. The lowest BCUT2D eigenvalue weighted by molar-refractivity contribution is -0.0386. The van der Waals surface area contributed by atoms with Crippen molar-refractivity contribution in [3.63, 3.8) is 0 Å². The fourth-order valence-electron chi connectivity index (χ4n) is 7.30. The Bertz CT molecular complexity index is 1440. The van der Waals surface area contributed by atoms with E-state index in [0.29, 0.717) is 22.9 Å². The van der Waals surface area contributed by atoms with E-state index in [1.54, 1.807) is 24.9 Å². The number of likely N-dealkylation sites (tertiary alicyclic amines) is 1. The van der Waals surface area contributed by atoms with Gasteiger partial charge < -0.3 is 19.4 Å². The first-order chi connectivity index (χ1) is 21.3. The van der Waals surface area contributed by atoms with Gasteiger partial charge >= 0.3 is 0 Å². The van der Waals surface area contributed by atoms with Crippen LogP contribution in [0.15, 0.2) is 30.7 Å². The van der Waals surface area contributed by atoms with Gasteiger partial charge in [0.05, 0.1) is 17.0 Å². The van der Waals surface area contributed by atoms with Crippen LogP contribution in [0.25, 0.3) is 0 Å². The highest BCUT2D eigenvalue weighted by Gasteiger charge is 2.46. The second-order valence-corrected chi connectivity index (χ2v) is 16.4. The Morgan fingerprint density at radius 3 is 2.42 bits per heavy atom. The largest absolute Gasteiger partial charge is 0.451 e. The summed E-state index contributed by atoms with van der Waals surface area (Å²) < 4.78 is 48.1. The molecule has 248 valence electrons. The number of benzene rings is 1. The van der Waals surface area contributed by atoms with E-state index in [4.69, 9.17) is 4.74 Å². The van der Waals surface area contributed by atoms with Gasteiger partial charge in [-0.2, -0.15) is 0 Å². The van der Waals surface area contributed by atoms with Crippen molar-refractivity contribution in [2.75, 3.05) is 37.6 Å². The fraction of sp³-hybridized carbons (Fsp3) is 0.667. The van der Waals surface area contributed by atoms with Crippen LogP contribution < -0.4 is 14.4 Å². The minimum Gasteiger partial charge on any atom is -0.451 e. The molecule has 3 heterocycles. The zero-order valence-corrected chi connectivity index (χ0v) is 28.3. The third kappa shape index (κ3) is 7.60. The van der Waals surface area contributed by atoms with E-state index in [2.05, 4.69) is 24.5 Å². The van der Waals surface area contributed by atoms with Crippen LogP contribution in [-0.4, -0.2) is 90.2 Å². The molecule has 45 heavy (non-hydrogen) atoms. The van der Waals surface area contributed by atoms with Crippen LogP contribution in [0.1, 0.15) is 84.0 Å². The minimum atomic E-state index is -3.23. The second kappa shape index (κ2) is 13.5. The lowest BCUT2D eigenvalue weighted by atomic mass is 9.67. The molecule has 0 bridgehead atoms. The first-order valence-corrected chi connectivity index (χ1v) is 17.9. The molecule has 1 N–H and O–H groups in total. The Balaban J connectivity index is 1.18. The van der Waals surface area contributed by atoms with Crippen molar-refractivity contribution < 1.29 is 22.3 Å².